The molecule has 3 heterocycles. The molecule has 0 saturated carbocycles. The SMILES string of the molecule is O=C(O)C1CN(C(=O)C2SCCc3sccc32)c2ccccc21. The van der Waals surface area contributed by atoms with Crippen LogP contribution in [0.2, 0.25) is 0 Å². The first kappa shape index (κ1) is 14.8. The quantitative estimate of drug-likeness (QED) is 0.907. The topological polar surface area (TPSA) is 57.6 Å². The third-order valence-electron chi connectivity index (χ3n) is 4.43. The first-order valence-corrected chi connectivity index (χ1v) is 9.40. The van der Waals surface area contributed by atoms with E-state index in [0.29, 0.717) is 0 Å². The van der Waals surface area contributed by atoms with Crippen LogP contribution in [0.5, 0.6) is 0 Å². The number of aliphatic carboxylic acids is 1. The summed E-state index contributed by atoms with van der Waals surface area (Å²) in [6.45, 7) is 0.226. The normalized spacial score (nSPS) is 22.5. The second kappa shape index (κ2) is 5.69. The largest absolute Gasteiger partial charge is 0.481 e. The molecule has 4 rings (SSSR count). The van der Waals surface area contributed by atoms with Gasteiger partial charge in [-0.2, -0.15) is 0 Å². The molecule has 1 aromatic carbocycles. The Kier molecular flexibility index (Phi) is 3.66. The van der Waals surface area contributed by atoms with Crippen molar-refractivity contribution in [3.05, 3.63) is 51.7 Å². The fourth-order valence-electron chi connectivity index (χ4n) is 3.32. The van der Waals surface area contributed by atoms with E-state index >= 15 is 0 Å². The van der Waals surface area contributed by atoms with Gasteiger partial charge in [0.15, 0.2) is 0 Å². The smallest absolute Gasteiger partial charge is 0.312 e. The molecular formula is C17H15NO3S2. The van der Waals surface area contributed by atoms with E-state index in [4.69, 9.17) is 0 Å². The highest BCUT2D eigenvalue weighted by Gasteiger charge is 2.40. The van der Waals surface area contributed by atoms with Gasteiger partial charge < -0.3 is 10.0 Å². The Labute approximate surface area is 142 Å². The molecule has 2 aliphatic rings. The van der Waals surface area contributed by atoms with Crippen molar-refractivity contribution in [2.75, 3.05) is 17.2 Å². The van der Waals surface area contributed by atoms with Gasteiger partial charge in [0.25, 0.3) is 0 Å². The zero-order valence-electron chi connectivity index (χ0n) is 12.3. The molecule has 0 aliphatic carbocycles. The summed E-state index contributed by atoms with van der Waals surface area (Å²) in [4.78, 5) is 27.6. The van der Waals surface area contributed by atoms with Gasteiger partial charge in [-0.1, -0.05) is 18.2 Å². The fourth-order valence-corrected chi connectivity index (χ4v) is 5.67. The van der Waals surface area contributed by atoms with Crippen molar-refractivity contribution in [1.29, 1.82) is 0 Å². The van der Waals surface area contributed by atoms with Gasteiger partial charge in [0.1, 0.15) is 11.2 Å². The number of fused-ring (bicyclic) bond motifs is 2. The van der Waals surface area contributed by atoms with E-state index in [1.807, 2.05) is 35.7 Å². The van der Waals surface area contributed by atoms with Crippen LogP contribution >= 0.6 is 23.1 Å². The highest BCUT2D eigenvalue weighted by atomic mass is 32.2. The number of para-hydroxylation sites is 1. The Morgan fingerprint density at radius 2 is 2.00 bits per heavy atom. The number of hydrogen-bond donors (Lipinski definition) is 1. The van der Waals surface area contributed by atoms with Crippen molar-refractivity contribution in [1.82, 2.24) is 0 Å². The molecule has 118 valence electrons. The van der Waals surface area contributed by atoms with Crippen molar-refractivity contribution < 1.29 is 14.7 Å². The van der Waals surface area contributed by atoms with Crippen LogP contribution in [0.1, 0.15) is 27.2 Å². The number of amides is 1. The summed E-state index contributed by atoms with van der Waals surface area (Å²) in [5.41, 5.74) is 2.58. The van der Waals surface area contributed by atoms with Crippen LogP contribution in [0, 0.1) is 0 Å². The van der Waals surface area contributed by atoms with Gasteiger partial charge in [-0.25, -0.2) is 0 Å². The molecule has 4 nitrogen and oxygen atoms in total. The molecule has 0 radical (unpaired) electrons. The highest BCUT2D eigenvalue weighted by molar-refractivity contribution is 8.00. The van der Waals surface area contributed by atoms with E-state index in [-0.39, 0.29) is 17.7 Å². The predicted octanol–water partition coefficient (Wildman–Crippen LogP) is 3.29. The van der Waals surface area contributed by atoms with Crippen molar-refractivity contribution in [3.8, 4) is 0 Å². The van der Waals surface area contributed by atoms with E-state index in [2.05, 4.69) is 0 Å². The van der Waals surface area contributed by atoms with Gasteiger partial charge in [0, 0.05) is 17.1 Å². The van der Waals surface area contributed by atoms with Gasteiger partial charge in [0.05, 0.1) is 0 Å². The fraction of sp³-hybridized carbons (Fsp3) is 0.294. The van der Waals surface area contributed by atoms with Gasteiger partial charge in [-0.05, 0) is 40.8 Å². The summed E-state index contributed by atoms with van der Waals surface area (Å²) in [7, 11) is 0. The van der Waals surface area contributed by atoms with Crippen molar-refractivity contribution >= 4 is 40.7 Å². The highest BCUT2D eigenvalue weighted by Crippen LogP contribution is 2.44. The number of carboxylic acids is 1. The summed E-state index contributed by atoms with van der Waals surface area (Å²) in [5.74, 6) is -0.571. The Morgan fingerprint density at radius 3 is 2.83 bits per heavy atom. The number of rotatable bonds is 2. The van der Waals surface area contributed by atoms with Crippen molar-refractivity contribution in [2.24, 2.45) is 0 Å². The number of benzene rings is 1. The lowest BCUT2D eigenvalue weighted by Crippen LogP contribution is -2.35. The number of thioether (sulfide) groups is 1. The standard InChI is InChI=1S/C17H15NO3S2/c19-16(15-11-5-7-22-14(11)6-8-23-15)18-9-12(17(20)21)10-3-1-2-4-13(10)18/h1-5,7,12,15H,6,8-9H2,(H,20,21). The Balaban J connectivity index is 1.70. The lowest BCUT2D eigenvalue weighted by molar-refractivity contribution is -0.138. The van der Waals surface area contributed by atoms with Crippen LogP contribution in [0.4, 0.5) is 5.69 Å². The Hall–Kier alpha value is -1.79. The van der Waals surface area contributed by atoms with E-state index in [0.717, 1.165) is 29.0 Å². The molecule has 0 fully saturated rings. The Morgan fingerprint density at radius 1 is 1.17 bits per heavy atom. The number of carbonyl (C=O) groups excluding carboxylic acids is 1. The second-order valence-electron chi connectivity index (χ2n) is 5.70. The maximum atomic E-state index is 13.1. The average Bonchev–Trinajstić information content (AvgIpc) is 3.18. The lowest BCUT2D eigenvalue weighted by Gasteiger charge is -2.27. The second-order valence-corrected chi connectivity index (χ2v) is 7.91. The van der Waals surface area contributed by atoms with Crippen LogP contribution < -0.4 is 4.90 Å². The van der Waals surface area contributed by atoms with Gasteiger partial charge in [-0.15, -0.1) is 23.1 Å². The molecule has 1 N–H and O–H groups in total. The molecule has 0 spiro atoms. The van der Waals surface area contributed by atoms with Crippen LogP contribution in [0.3, 0.4) is 0 Å². The van der Waals surface area contributed by atoms with E-state index in [1.165, 1.54) is 4.88 Å². The molecule has 2 aromatic rings. The van der Waals surface area contributed by atoms with Crippen molar-refractivity contribution in [3.63, 3.8) is 0 Å². The summed E-state index contributed by atoms with van der Waals surface area (Å²) in [5, 5.41) is 11.3. The van der Waals surface area contributed by atoms with E-state index in [9.17, 15) is 14.7 Å². The zero-order valence-corrected chi connectivity index (χ0v) is 13.9. The van der Waals surface area contributed by atoms with Crippen LogP contribution in [-0.2, 0) is 16.0 Å². The zero-order chi connectivity index (χ0) is 16.0. The number of anilines is 1. The lowest BCUT2D eigenvalue weighted by atomic mass is 10.0. The van der Waals surface area contributed by atoms with Crippen LogP contribution in [0.25, 0.3) is 0 Å². The number of nitrogens with zero attached hydrogens (tertiary/aromatic N) is 1. The van der Waals surface area contributed by atoms with E-state index in [1.54, 1.807) is 28.0 Å². The molecule has 6 heteroatoms. The molecule has 23 heavy (non-hydrogen) atoms. The summed E-state index contributed by atoms with van der Waals surface area (Å²) in [6, 6.07) is 9.37. The minimum absolute atomic E-state index is 0.00514. The average molecular weight is 345 g/mol. The molecule has 2 atom stereocenters. The van der Waals surface area contributed by atoms with E-state index < -0.39 is 11.9 Å². The van der Waals surface area contributed by atoms with Gasteiger partial charge in [0.2, 0.25) is 5.91 Å². The van der Waals surface area contributed by atoms with Gasteiger partial charge >= 0.3 is 5.97 Å². The molecular weight excluding hydrogens is 330 g/mol. The third kappa shape index (κ3) is 2.37. The monoisotopic (exact) mass is 345 g/mol. The summed E-state index contributed by atoms with van der Waals surface area (Å²) >= 11 is 3.36. The number of hydrogen-bond acceptors (Lipinski definition) is 4. The number of thiophene rings is 1. The molecule has 0 bridgehead atoms. The molecule has 0 saturated heterocycles. The number of carboxylic acid groups (broad SMARTS) is 1. The summed E-state index contributed by atoms with van der Waals surface area (Å²) in [6.07, 6.45) is 1.01. The number of aryl methyl sites for hydroxylation is 1. The first-order valence-electron chi connectivity index (χ1n) is 7.48. The molecule has 2 unspecified atom stereocenters. The maximum Gasteiger partial charge on any atom is 0.312 e. The number of carbonyl (C=O) groups is 2. The minimum atomic E-state index is -0.875. The van der Waals surface area contributed by atoms with Crippen molar-refractivity contribution in [2.45, 2.75) is 17.6 Å². The summed E-state index contributed by atoms with van der Waals surface area (Å²) < 4.78 is 0. The first-order chi connectivity index (χ1) is 11.2. The molecule has 2 aliphatic heterocycles. The van der Waals surface area contributed by atoms with Crippen LogP contribution in [-0.4, -0.2) is 29.3 Å². The maximum absolute atomic E-state index is 13.1. The van der Waals surface area contributed by atoms with Gasteiger partial charge in [-0.3, -0.25) is 9.59 Å². The predicted molar refractivity (Wildman–Crippen MR) is 92.4 cm³/mol. The third-order valence-corrected chi connectivity index (χ3v) is 6.66. The molecule has 1 aromatic heterocycles. The van der Waals surface area contributed by atoms with Crippen LogP contribution in [0.15, 0.2) is 35.7 Å². The Bertz CT molecular complexity index is 786. The molecule has 1 amide bonds. The minimum Gasteiger partial charge on any atom is -0.481 e.